The molecule has 0 aromatic heterocycles. The summed E-state index contributed by atoms with van der Waals surface area (Å²) in [5, 5.41) is 0. The first-order valence-corrected chi connectivity index (χ1v) is 11.7. The van der Waals surface area contributed by atoms with Gasteiger partial charge < -0.3 is 4.74 Å². The van der Waals surface area contributed by atoms with Crippen LogP contribution in [0.25, 0.3) is 11.1 Å². The Labute approximate surface area is 196 Å². The number of aryl methyl sites for hydroxylation is 1. The van der Waals surface area contributed by atoms with Crippen molar-refractivity contribution in [2.75, 3.05) is 0 Å². The molecule has 1 aliphatic carbocycles. The number of benzene rings is 3. The molecule has 1 saturated carbocycles. The first-order chi connectivity index (χ1) is 16.3. The molecule has 0 amide bonds. The highest BCUT2D eigenvalue weighted by Crippen LogP contribution is 2.44. The minimum absolute atomic E-state index is 0.0342. The molecule has 0 radical (unpaired) electrons. The second kappa shape index (κ2) is 10.2. The largest absolute Gasteiger partial charge is 0.453 e. The van der Waals surface area contributed by atoms with Crippen molar-refractivity contribution in [2.45, 2.75) is 58.3 Å². The summed E-state index contributed by atoms with van der Waals surface area (Å²) in [4.78, 5) is 0. The van der Waals surface area contributed by atoms with Crippen molar-refractivity contribution in [2.24, 2.45) is 5.92 Å². The topological polar surface area (TPSA) is 9.23 Å². The molecule has 3 aromatic carbocycles. The SMILES string of the molecule is CCCC1CCC(c2c(F)cc(C)c(Oc3ccccc3-c3cc(F)c(F)c(F)c3)c2F)CC1. The van der Waals surface area contributed by atoms with Gasteiger partial charge in [-0.3, -0.25) is 0 Å². The van der Waals surface area contributed by atoms with Gasteiger partial charge in [0.15, 0.2) is 29.0 Å². The van der Waals surface area contributed by atoms with Gasteiger partial charge in [0.2, 0.25) is 0 Å². The molecule has 0 atom stereocenters. The van der Waals surface area contributed by atoms with E-state index in [0.29, 0.717) is 18.8 Å². The Morgan fingerprint density at radius 3 is 2.12 bits per heavy atom. The molecule has 0 saturated heterocycles. The first-order valence-electron chi connectivity index (χ1n) is 11.7. The lowest BCUT2D eigenvalue weighted by Gasteiger charge is -2.29. The average molecular weight is 475 g/mol. The van der Waals surface area contributed by atoms with Crippen LogP contribution in [0.4, 0.5) is 22.0 Å². The molecule has 180 valence electrons. The normalized spacial score (nSPS) is 18.2. The van der Waals surface area contributed by atoms with Crippen LogP contribution in [-0.2, 0) is 0 Å². The fourth-order valence-electron chi connectivity index (χ4n) is 5.00. The number of para-hydroxylation sites is 1. The quantitative estimate of drug-likeness (QED) is 0.256. The predicted molar refractivity (Wildman–Crippen MR) is 123 cm³/mol. The smallest absolute Gasteiger partial charge is 0.194 e. The summed E-state index contributed by atoms with van der Waals surface area (Å²) in [5.41, 5.74) is 0.600. The zero-order chi connectivity index (χ0) is 24.4. The number of hydrogen-bond donors (Lipinski definition) is 0. The molecule has 0 N–H and O–H groups in total. The van der Waals surface area contributed by atoms with Gasteiger partial charge in [0, 0.05) is 11.1 Å². The summed E-state index contributed by atoms with van der Waals surface area (Å²) in [6, 6.07) is 9.28. The molecule has 0 spiro atoms. The lowest BCUT2D eigenvalue weighted by atomic mass is 9.77. The Kier molecular flexibility index (Phi) is 7.24. The third-order valence-corrected chi connectivity index (χ3v) is 6.74. The van der Waals surface area contributed by atoms with E-state index in [4.69, 9.17) is 4.74 Å². The summed E-state index contributed by atoms with van der Waals surface area (Å²) in [6.07, 6.45) is 5.53. The van der Waals surface area contributed by atoms with Gasteiger partial charge in [-0.05, 0) is 79.8 Å². The molecule has 0 unspecified atom stereocenters. The van der Waals surface area contributed by atoms with Gasteiger partial charge in [-0.15, -0.1) is 0 Å². The van der Waals surface area contributed by atoms with Crippen LogP contribution in [0.3, 0.4) is 0 Å². The fourth-order valence-corrected chi connectivity index (χ4v) is 5.00. The molecular formula is C28H27F5O. The van der Waals surface area contributed by atoms with Gasteiger partial charge in [0.1, 0.15) is 11.6 Å². The van der Waals surface area contributed by atoms with E-state index in [1.165, 1.54) is 18.2 Å². The van der Waals surface area contributed by atoms with Gasteiger partial charge >= 0.3 is 0 Å². The third kappa shape index (κ3) is 4.82. The van der Waals surface area contributed by atoms with Crippen molar-refractivity contribution < 1.29 is 26.7 Å². The molecular weight excluding hydrogens is 447 g/mol. The van der Waals surface area contributed by atoms with Gasteiger partial charge in [0.05, 0.1) is 0 Å². The predicted octanol–water partition coefficient (Wildman–Crippen LogP) is 9.22. The van der Waals surface area contributed by atoms with Gasteiger partial charge in [0.25, 0.3) is 0 Å². The summed E-state index contributed by atoms with van der Waals surface area (Å²) < 4.78 is 77.6. The summed E-state index contributed by atoms with van der Waals surface area (Å²) in [5.74, 6) is -5.21. The van der Waals surface area contributed by atoms with E-state index in [2.05, 4.69) is 6.92 Å². The fraction of sp³-hybridized carbons (Fsp3) is 0.357. The van der Waals surface area contributed by atoms with Crippen LogP contribution >= 0.6 is 0 Å². The number of rotatable bonds is 6. The maximum absolute atomic E-state index is 15.7. The maximum Gasteiger partial charge on any atom is 0.194 e. The average Bonchev–Trinajstić information content (AvgIpc) is 2.81. The van der Waals surface area contributed by atoms with Crippen LogP contribution in [0.15, 0.2) is 42.5 Å². The number of ether oxygens (including phenoxy) is 1. The van der Waals surface area contributed by atoms with E-state index in [9.17, 15) is 17.6 Å². The lowest BCUT2D eigenvalue weighted by Crippen LogP contribution is -2.16. The van der Waals surface area contributed by atoms with Crippen molar-refractivity contribution in [3.05, 3.63) is 82.7 Å². The second-order valence-electron chi connectivity index (χ2n) is 9.09. The summed E-state index contributed by atoms with van der Waals surface area (Å²) in [6.45, 7) is 3.69. The van der Waals surface area contributed by atoms with E-state index < -0.39 is 29.1 Å². The third-order valence-electron chi connectivity index (χ3n) is 6.74. The lowest BCUT2D eigenvalue weighted by molar-refractivity contribution is 0.298. The Morgan fingerprint density at radius 1 is 0.824 bits per heavy atom. The first kappa shape index (κ1) is 24.2. The van der Waals surface area contributed by atoms with Crippen LogP contribution in [0.5, 0.6) is 11.5 Å². The van der Waals surface area contributed by atoms with Crippen LogP contribution in [0.1, 0.15) is 62.5 Å². The monoisotopic (exact) mass is 474 g/mol. The minimum Gasteiger partial charge on any atom is -0.453 e. The molecule has 0 aliphatic heterocycles. The van der Waals surface area contributed by atoms with Crippen molar-refractivity contribution in [3.63, 3.8) is 0 Å². The zero-order valence-corrected chi connectivity index (χ0v) is 19.2. The van der Waals surface area contributed by atoms with Crippen molar-refractivity contribution in [3.8, 4) is 22.6 Å². The van der Waals surface area contributed by atoms with E-state index >= 15 is 4.39 Å². The highest BCUT2D eigenvalue weighted by atomic mass is 19.2. The van der Waals surface area contributed by atoms with E-state index in [-0.39, 0.29) is 39.7 Å². The molecule has 4 rings (SSSR count). The Hall–Kier alpha value is -2.89. The Balaban J connectivity index is 1.69. The number of halogens is 5. The highest BCUT2D eigenvalue weighted by Gasteiger charge is 2.29. The molecule has 0 bridgehead atoms. The van der Waals surface area contributed by atoms with E-state index in [0.717, 1.165) is 37.8 Å². The number of hydrogen-bond acceptors (Lipinski definition) is 1. The highest BCUT2D eigenvalue weighted by molar-refractivity contribution is 5.71. The maximum atomic E-state index is 15.7. The van der Waals surface area contributed by atoms with Crippen LogP contribution in [0.2, 0.25) is 0 Å². The van der Waals surface area contributed by atoms with Gasteiger partial charge in [-0.25, -0.2) is 22.0 Å². The molecule has 34 heavy (non-hydrogen) atoms. The second-order valence-corrected chi connectivity index (χ2v) is 9.09. The van der Waals surface area contributed by atoms with Crippen molar-refractivity contribution in [1.82, 2.24) is 0 Å². The molecule has 1 fully saturated rings. The molecule has 1 nitrogen and oxygen atoms in total. The summed E-state index contributed by atoms with van der Waals surface area (Å²) in [7, 11) is 0. The van der Waals surface area contributed by atoms with E-state index in [1.54, 1.807) is 19.1 Å². The molecule has 3 aromatic rings. The van der Waals surface area contributed by atoms with E-state index in [1.807, 2.05) is 0 Å². The van der Waals surface area contributed by atoms with Crippen LogP contribution in [-0.4, -0.2) is 0 Å². The molecule has 1 aliphatic rings. The Bertz CT molecular complexity index is 1160. The minimum atomic E-state index is -1.57. The standard InChI is InChI=1S/C28H27F5O/c1-3-6-17-9-11-18(12-10-17)25-21(29)13-16(2)28(27(25)33)34-24-8-5-4-7-20(24)19-14-22(30)26(32)23(31)15-19/h4-5,7-8,13-15,17-18H,3,6,9-12H2,1-2H3. The zero-order valence-electron chi connectivity index (χ0n) is 19.2. The van der Waals surface area contributed by atoms with Gasteiger partial charge in [-0.1, -0.05) is 38.0 Å². The molecule has 6 heteroatoms. The van der Waals surface area contributed by atoms with Crippen LogP contribution in [0, 0.1) is 41.9 Å². The van der Waals surface area contributed by atoms with Gasteiger partial charge in [-0.2, -0.15) is 0 Å². The molecule has 0 heterocycles. The van der Waals surface area contributed by atoms with Crippen molar-refractivity contribution in [1.29, 1.82) is 0 Å². The Morgan fingerprint density at radius 2 is 1.47 bits per heavy atom. The van der Waals surface area contributed by atoms with Crippen molar-refractivity contribution >= 4 is 0 Å². The summed E-state index contributed by atoms with van der Waals surface area (Å²) >= 11 is 0. The van der Waals surface area contributed by atoms with Crippen LogP contribution < -0.4 is 4.74 Å².